The first-order chi connectivity index (χ1) is 10.5. The van der Waals surface area contributed by atoms with Crippen molar-refractivity contribution in [3.8, 4) is 0 Å². The van der Waals surface area contributed by atoms with Crippen LogP contribution in [-0.2, 0) is 4.79 Å². The van der Waals surface area contributed by atoms with Gasteiger partial charge in [-0.15, -0.1) is 0 Å². The molecule has 22 heavy (non-hydrogen) atoms. The minimum absolute atomic E-state index is 0.340. The van der Waals surface area contributed by atoms with E-state index in [1.807, 2.05) is 0 Å². The summed E-state index contributed by atoms with van der Waals surface area (Å²) < 4.78 is 0. The molecule has 0 aliphatic carbocycles. The van der Waals surface area contributed by atoms with Crippen LogP contribution in [0.15, 0.2) is 0 Å². The van der Waals surface area contributed by atoms with Gasteiger partial charge >= 0.3 is 0 Å². The monoisotopic (exact) mass is 309 g/mol. The van der Waals surface area contributed by atoms with Gasteiger partial charge in [-0.05, 0) is 43.7 Å². The normalized spacial score (nSPS) is 22.7. The van der Waals surface area contributed by atoms with Crippen molar-refractivity contribution >= 4 is 5.91 Å². The molecular weight excluding hydrogens is 274 g/mol. The van der Waals surface area contributed by atoms with E-state index in [4.69, 9.17) is 0 Å². The summed E-state index contributed by atoms with van der Waals surface area (Å²) in [5, 5.41) is 0. The van der Waals surface area contributed by atoms with Crippen molar-refractivity contribution in [2.45, 2.75) is 47.0 Å². The Morgan fingerprint density at radius 3 is 1.95 bits per heavy atom. The average Bonchev–Trinajstić information content (AvgIpc) is 2.48. The highest BCUT2D eigenvalue weighted by Crippen LogP contribution is 2.24. The van der Waals surface area contributed by atoms with E-state index < -0.39 is 0 Å². The molecule has 0 radical (unpaired) electrons. The Kier molecular flexibility index (Phi) is 6.69. The lowest BCUT2D eigenvalue weighted by Crippen LogP contribution is -2.52. The number of piperazine rings is 1. The second kappa shape index (κ2) is 8.30. The van der Waals surface area contributed by atoms with E-state index in [1.165, 1.54) is 25.9 Å². The molecule has 0 atom stereocenters. The molecule has 0 aromatic rings. The van der Waals surface area contributed by atoms with Crippen LogP contribution < -0.4 is 0 Å². The molecule has 0 aromatic heterocycles. The summed E-state index contributed by atoms with van der Waals surface area (Å²) in [6.45, 7) is 16.4. The largest absolute Gasteiger partial charge is 0.340 e. The van der Waals surface area contributed by atoms with Crippen LogP contribution in [-0.4, -0.2) is 66.5 Å². The number of amides is 1. The Bertz CT molecular complexity index is 340. The van der Waals surface area contributed by atoms with Gasteiger partial charge in [0, 0.05) is 32.6 Å². The molecule has 2 rings (SSSR count). The van der Waals surface area contributed by atoms with Crippen LogP contribution in [0.2, 0.25) is 0 Å². The predicted molar refractivity (Wildman–Crippen MR) is 91.6 cm³/mol. The molecule has 0 saturated carbocycles. The number of nitrogens with zero attached hydrogens (tertiary/aromatic N) is 3. The molecule has 1 amide bonds. The minimum atomic E-state index is 0.340. The number of piperidine rings is 1. The number of hydrogen-bond donors (Lipinski definition) is 0. The van der Waals surface area contributed by atoms with E-state index in [2.05, 4.69) is 42.4 Å². The van der Waals surface area contributed by atoms with Crippen molar-refractivity contribution in [1.82, 2.24) is 14.7 Å². The molecule has 2 aliphatic rings. The number of carbonyl (C=O) groups is 1. The van der Waals surface area contributed by atoms with E-state index in [0.29, 0.717) is 18.2 Å². The Hall–Kier alpha value is -0.610. The van der Waals surface area contributed by atoms with Crippen LogP contribution >= 0.6 is 0 Å². The molecule has 0 bridgehead atoms. The van der Waals surface area contributed by atoms with Crippen LogP contribution in [0, 0.1) is 17.8 Å². The fraction of sp³-hybridized carbons (Fsp3) is 0.944. The summed E-state index contributed by atoms with van der Waals surface area (Å²) in [5.74, 6) is 2.56. The third-order valence-corrected chi connectivity index (χ3v) is 5.28. The maximum Gasteiger partial charge on any atom is 0.222 e. The van der Waals surface area contributed by atoms with Gasteiger partial charge in [0.15, 0.2) is 0 Å². The first-order valence-corrected chi connectivity index (χ1v) is 9.18. The Morgan fingerprint density at radius 1 is 0.909 bits per heavy atom. The van der Waals surface area contributed by atoms with Crippen LogP contribution in [0.3, 0.4) is 0 Å². The molecule has 0 aromatic carbocycles. The zero-order valence-electron chi connectivity index (χ0n) is 15.1. The molecule has 2 aliphatic heterocycles. The molecule has 0 unspecified atom stereocenters. The predicted octanol–water partition coefficient (Wildman–Crippen LogP) is 2.50. The second-order valence-electron chi connectivity index (χ2n) is 7.94. The SMILES string of the molecule is CC(C)CC(=O)N1CCN(CN2CCC(C(C)C)CC2)CC1. The van der Waals surface area contributed by atoms with E-state index in [0.717, 1.165) is 44.7 Å². The molecule has 0 spiro atoms. The molecule has 2 saturated heterocycles. The van der Waals surface area contributed by atoms with Gasteiger partial charge < -0.3 is 4.90 Å². The topological polar surface area (TPSA) is 26.8 Å². The first-order valence-electron chi connectivity index (χ1n) is 9.18. The lowest BCUT2D eigenvalue weighted by molar-refractivity contribution is -0.134. The number of rotatable bonds is 5. The quantitative estimate of drug-likeness (QED) is 0.781. The van der Waals surface area contributed by atoms with Crippen LogP contribution in [0.4, 0.5) is 0 Å². The molecule has 2 heterocycles. The van der Waals surface area contributed by atoms with Gasteiger partial charge in [-0.2, -0.15) is 0 Å². The molecule has 0 N–H and O–H groups in total. The first kappa shape index (κ1) is 17.7. The van der Waals surface area contributed by atoms with E-state index in [1.54, 1.807) is 0 Å². The zero-order chi connectivity index (χ0) is 16.1. The molecule has 2 fully saturated rings. The van der Waals surface area contributed by atoms with E-state index in [9.17, 15) is 4.79 Å². The van der Waals surface area contributed by atoms with Crippen molar-refractivity contribution in [3.63, 3.8) is 0 Å². The van der Waals surface area contributed by atoms with Gasteiger partial charge in [0.1, 0.15) is 0 Å². The molecular formula is C18H35N3O. The standard InChI is InChI=1S/C18H35N3O/c1-15(2)13-18(22)21-11-9-20(10-12-21)14-19-7-5-17(6-8-19)16(3)4/h15-17H,5-14H2,1-4H3. The summed E-state index contributed by atoms with van der Waals surface area (Å²) in [5.41, 5.74) is 0. The third-order valence-electron chi connectivity index (χ3n) is 5.28. The summed E-state index contributed by atoms with van der Waals surface area (Å²) in [7, 11) is 0. The summed E-state index contributed by atoms with van der Waals surface area (Å²) in [6, 6.07) is 0. The highest BCUT2D eigenvalue weighted by molar-refractivity contribution is 5.76. The summed E-state index contributed by atoms with van der Waals surface area (Å²) in [6.07, 6.45) is 3.40. The molecule has 4 nitrogen and oxygen atoms in total. The van der Waals surface area contributed by atoms with Crippen LogP contribution in [0.1, 0.15) is 47.0 Å². The zero-order valence-corrected chi connectivity index (χ0v) is 15.1. The Balaban J connectivity index is 1.67. The van der Waals surface area contributed by atoms with Gasteiger partial charge in [0.05, 0.1) is 6.67 Å². The lowest BCUT2D eigenvalue weighted by atomic mass is 9.87. The molecule has 4 heteroatoms. The van der Waals surface area contributed by atoms with Crippen molar-refractivity contribution in [1.29, 1.82) is 0 Å². The highest BCUT2D eigenvalue weighted by atomic mass is 16.2. The van der Waals surface area contributed by atoms with Gasteiger partial charge in [-0.3, -0.25) is 14.6 Å². The third kappa shape index (κ3) is 5.24. The smallest absolute Gasteiger partial charge is 0.222 e. The fourth-order valence-corrected chi connectivity index (χ4v) is 3.66. The summed E-state index contributed by atoms with van der Waals surface area (Å²) >= 11 is 0. The van der Waals surface area contributed by atoms with Crippen molar-refractivity contribution in [2.75, 3.05) is 45.9 Å². The fourth-order valence-electron chi connectivity index (χ4n) is 3.66. The van der Waals surface area contributed by atoms with E-state index >= 15 is 0 Å². The van der Waals surface area contributed by atoms with E-state index in [-0.39, 0.29) is 0 Å². The van der Waals surface area contributed by atoms with Gasteiger partial charge in [0.2, 0.25) is 5.91 Å². The van der Waals surface area contributed by atoms with Gasteiger partial charge in [0.25, 0.3) is 0 Å². The minimum Gasteiger partial charge on any atom is -0.340 e. The Morgan fingerprint density at radius 2 is 1.45 bits per heavy atom. The number of carbonyl (C=O) groups excluding carboxylic acids is 1. The highest BCUT2D eigenvalue weighted by Gasteiger charge is 2.25. The molecule has 128 valence electrons. The second-order valence-corrected chi connectivity index (χ2v) is 7.94. The van der Waals surface area contributed by atoms with Crippen LogP contribution in [0.25, 0.3) is 0 Å². The Labute approximate surface area is 136 Å². The van der Waals surface area contributed by atoms with Crippen molar-refractivity contribution < 1.29 is 4.79 Å². The maximum absolute atomic E-state index is 12.1. The van der Waals surface area contributed by atoms with Gasteiger partial charge in [-0.1, -0.05) is 27.7 Å². The number of likely N-dealkylation sites (tertiary alicyclic amines) is 1. The van der Waals surface area contributed by atoms with Crippen LogP contribution in [0.5, 0.6) is 0 Å². The maximum atomic E-state index is 12.1. The van der Waals surface area contributed by atoms with Crippen molar-refractivity contribution in [3.05, 3.63) is 0 Å². The van der Waals surface area contributed by atoms with Crippen molar-refractivity contribution in [2.24, 2.45) is 17.8 Å². The van der Waals surface area contributed by atoms with Gasteiger partial charge in [-0.25, -0.2) is 0 Å². The summed E-state index contributed by atoms with van der Waals surface area (Å²) in [4.78, 5) is 19.3. The number of hydrogen-bond acceptors (Lipinski definition) is 3. The lowest BCUT2D eigenvalue weighted by Gasteiger charge is -2.40. The average molecular weight is 309 g/mol.